The van der Waals surface area contributed by atoms with Crippen LogP contribution in [0.15, 0.2) is 12.7 Å². The van der Waals surface area contributed by atoms with Crippen molar-refractivity contribution in [2.24, 2.45) is 17.8 Å². The van der Waals surface area contributed by atoms with Gasteiger partial charge in [-0.3, -0.25) is 14.4 Å². The lowest BCUT2D eigenvalue weighted by molar-refractivity contribution is -0.153. The fourth-order valence-corrected chi connectivity index (χ4v) is 2.44. The van der Waals surface area contributed by atoms with Crippen molar-refractivity contribution in [1.29, 1.82) is 0 Å². The minimum absolute atomic E-state index is 0.173. The first-order valence-electron chi connectivity index (χ1n) is 5.66. The van der Waals surface area contributed by atoms with E-state index < -0.39 is 17.9 Å². The molecule has 0 aromatic rings. The predicted molar refractivity (Wildman–Crippen MR) is 56.6 cm³/mol. The van der Waals surface area contributed by atoms with Crippen LogP contribution in [0, 0.1) is 17.8 Å². The normalized spacial score (nSPS) is 31.6. The molecule has 1 heterocycles. The number of cyclic esters (lactones) is 2. The van der Waals surface area contributed by atoms with Gasteiger partial charge in [0.1, 0.15) is 6.61 Å². The van der Waals surface area contributed by atoms with Crippen molar-refractivity contribution in [1.82, 2.24) is 0 Å². The molecular formula is C12H14O5. The minimum Gasteiger partial charge on any atom is -0.461 e. The summed E-state index contributed by atoms with van der Waals surface area (Å²) in [4.78, 5) is 34.3. The third kappa shape index (κ3) is 2.23. The molecular weight excluding hydrogens is 224 g/mol. The van der Waals surface area contributed by atoms with Crippen molar-refractivity contribution in [2.45, 2.75) is 19.3 Å². The zero-order chi connectivity index (χ0) is 12.4. The summed E-state index contributed by atoms with van der Waals surface area (Å²) in [6.45, 7) is 3.63. The highest BCUT2D eigenvalue weighted by Crippen LogP contribution is 2.39. The Hall–Kier alpha value is -1.65. The maximum absolute atomic E-state index is 11.6. The summed E-state index contributed by atoms with van der Waals surface area (Å²) < 4.78 is 9.52. The lowest BCUT2D eigenvalue weighted by Crippen LogP contribution is -2.31. The van der Waals surface area contributed by atoms with E-state index in [1.807, 2.05) is 0 Å². The SMILES string of the molecule is C=CCOC(=O)C1CCC2C(=O)OC(=O)C2C1. The molecule has 1 saturated heterocycles. The number of hydrogen-bond donors (Lipinski definition) is 0. The van der Waals surface area contributed by atoms with E-state index in [1.165, 1.54) is 6.08 Å². The van der Waals surface area contributed by atoms with Gasteiger partial charge in [-0.1, -0.05) is 12.7 Å². The summed E-state index contributed by atoms with van der Waals surface area (Å²) >= 11 is 0. The lowest BCUT2D eigenvalue weighted by atomic mass is 9.75. The first-order valence-corrected chi connectivity index (χ1v) is 5.66. The van der Waals surface area contributed by atoms with Crippen LogP contribution in [0.25, 0.3) is 0 Å². The summed E-state index contributed by atoms with van der Waals surface area (Å²) in [5.74, 6) is -2.40. The highest BCUT2D eigenvalue weighted by atomic mass is 16.6. The molecule has 1 aliphatic carbocycles. The topological polar surface area (TPSA) is 69.7 Å². The van der Waals surface area contributed by atoms with E-state index in [0.717, 1.165) is 0 Å². The van der Waals surface area contributed by atoms with E-state index in [1.54, 1.807) is 0 Å². The molecule has 92 valence electrons. The van der Waals surface area contributed by atoms with E-state index in [0.29, 0.717) is 19.3 Å². The van der Waals surface area contributed by atoms with Crippen molar-refractivity contribution >= 4 is 17.9 Å². The Morgan fingerprint density at radius 2 is 2.06 bits per heavy atom. The predicted octanol–water partition coefficient (Wildman–Crippen LogP) is 0.832. The summed E-state index contributed by atoms with van der Waals surface area (Å²) in [6.07, 6.45) is 2.94. The molecule has 2 aliphatic rings. The average Bonchev–Trinajstić information content (AvgIpc) is 2.61. The van der Waals surface area contributed by atoms with Crippen LogP contribution in [0.2, 0.25) is 0 Å². The smallest absolute Gasteiger partial charge is 0.317 e. The second-order valence-electron chi connectivity index (χ2n) is 4.38. The summed E-state index contributed by atoms with van der Waals surface area (Å²) in [5.41, 5.74) is 0. The lowest BCUT2D eigenvalue weighted by Gasteiger charge is -2.25. The molecule has 5 nitrogen and oxygen atoms in total. The van der Waals surface area contributed by atoms with Crippen LogP contribution in [0.3, 0.4) is 0 Å². The van der Waals surface area contributed by atoms with E-state index in [-0.39, 0.29) is 24.4 Å². The van der Waals surface area contributed by atoms with Crippen LogP contribution in [-0.2, 0) is 23.9 Å². The van der Waals surface area contributed by atoms with Crippen LogP contribution in [0.1, 0.15) is 19.3 Å². The van der Waals surface area contributed by atoms with Crippen LogP contribution in [-0.4, -0.2) is 24.5 Å². The maximum Gasteiger partial charge on any atom is 0.317 e. The molecule has 2 fully saturated rings. The van der Waals surface area contributed by atoms with Crippen LogP contribution < -0.4 is 0 Å². The average molecular weight is 238 g/mol. The van der Waals surface area contributed by atoms with Crippen molar-refractivity contribution in [3.63, 3.8) is 0 Å². The van der Waals surface area contributed by atoms with Crippen molar-refractivity contribution < 1.29 is 23.9 Å². The number of carbonyl (C=O) groups is 3. The van der Waals surface area contributed by atoms with Gasteiger partial charge in [0.05, 0.1) is 17.8 Å². The van der Waals surface area contributed by atoms with E-state index in [9.17, 15) is 14.4 Å². The molecule has 0 aromatic heterocycles. The highest BCUT2D eigenvalue weighted by Gasteiger charge is 2.49. The maximum atomic E-state index is 11.6. The number of rotatable bonds is 3. The van der Waals surface area contributed by atoms with Gasteiger partial charge in [0, 0.05) is 0 Å². The van der Waals surface area contributed by atoms with E-state index in [4.69, 9.17) is 4.74 Å². The van der Waals surface area contributed by atoms with Crippen LogP contribution in [0.4, 0.5) is 0 Å². The third-order valence-corrected chi connectivity index (χ3v) is 3.33. The molecule has 0 bridgehead atoms. The van der Waals surface area contributed by atoms with E-state index >= 15 is 0 Å². The molecule has 0 spiro atoms. The highest BCUT2D eigenvalue weighted by molar-refractivity contribution is 5.97. The summed E-state index contributed by atoms with van der Waals surface area (Å²) in [5, 5.41) is 0. The van der Waals surface area contributed by atoms with Crippen molar-refractivity contribution in [3.8, 4) is 0 Å². The van der Waals surface area contributed by atoms with Crippen molar-refractivity contribution in [3.05, 3.63) is 12.7 Å². The van der Waals surface area contributed by atoms with Gasteiger partial charge in [0.2, 0.25) is 0 Å². The monoisotopic (exact) mass is 238 g/mol. The number of fused-ring (bicyclic) bond motifs is 1. The second kappa shape index (κ2) is 4.69. The minimum atomic E-state index is -0.499. The zero-order valence-electron chi connectivity index (χ0n) is 9.39. The standard InChI is InChI=1S/C12H14O5/c1-2-5-16-10(13)7-3-4-8-9(6-7)12(15)17-11(8)14/h2,7-9H,1,3-6H2. The van der Waals surface area contributed by atoms with Gasteiger partial charge in [-0.05, 0) is 19.3 Å². The Morgan fingerprint density at radius 1 is 1.35 bits per heavy atom. The van der Waals surface area contributed by atoms with Gasteiger partial charge in [-0.15, -0.1) is 0 Å². The summed E-state index contributed by atoms with van der Waals surface area (Å²) in [7, 11) is 0. The number of hydrogen-bond acceptors (Lipinski definition) is 5. The Labute approximate surface area is 98.8 Å². The molecule has 17 heavy (non-hydrogen) atoms. The number of ether oxygens (including phenoxy) is 2. The first kappa shape index (κ1) is 11.8. The molecule has 1 aliphatic heterocycles. The van der Waals surface area contributed by atoms with Gasteiger partial charge in [-0.2, -0.15) is 0 Å². The number of esters is 3. The zero-order valence-corrected chi connectivity index (χ0v) is 9.39. The largest absolute Gasteiger partial charge is 0.461 e. The molecule has 2 rings (SSSR count). The fraction of sp³-hybridized carbons (Fsp3) is 0.583. The first-order chi connectivity index (χ1) is 8.13. The van der Waals surface area contributed by atoms with Gasteiger partial charge in [0.15, 0.2) is 0 Å². The van der Waals surface area contributed by atoms with Gasteiger partial charge < -0.3 is 9.47 Å². The molecule has 1 saturated carbocycles. The van der Waals surface area contributed by atoms with Gasteiger partial charge >= 0.3 is 17.9 Å². The molecule has 5 heteroatoms. The quantitative estimate of drug-likeness (QED) is 0.414. The van der Waals surface area contributed by atoms with Crippen LogP contribution in [0.5, 0.6) is 0 Å². The molecule has 3 atom stereocenters. The van der Waals surface area contributed by atoms with E-state index in [2.05, 4.69) is 11.3 Å². The van der Waals surface area contributed by atoms with Crippen molar-refractivity contribution in [2.75, 3.05) is 6.61 Å². The van der Waals surface area contributed by atoms with Gasteiger partial charge in [-0.25, -0.2) is 0 Å². The Kier molecular flexibility index (Phi) is 3.26. The summed E-state index contributed by atoms with van der Waals surface area (Å²) in [6, 6.07) is 0. The fourth-order valence-electron chi connectivity index (χ4n) is 2.44. The Morgan fingerprint density at radius 3 is 2.76 bits per heavy atom. The molecule has 3 unspecified atom stereocenters. The molecule has 0 amide bonds. The Balaban J connectivity index is 1.97. The van der Waals surface area contributed by atoms with Gasteiger partial charge in [0.25, 0.3) is 0 Å². The second-order valence-corrected chi connectivity index (χ2v) is 4.38. The molecule has 0 radical (unpaired) electrons. The number of carbonyl (C=O) groups excluding carboxylic acids is 3. The van der Waals surface area contributed by atoms with Crippen LogP contribution >= 0.6 is 0 Å². The molecule has 0 N–H and O–H groups in total. The Bertz CT molecular complexity index is 373. The molecule has 0 aromatic carbocycles. The third-order valence-electron chi connectivity index (χ3n) is 3.33.